The van der Waals surface area contributed by atoms with E-state index in [1.54, 1.807) is 0 Å². The first kappa shape index (κ1) is 32.2. The molecule has 2 heterocycles. The van der Waals surface area contributed by atoms with Crippen molar-refractivity contribution in [1.82, 2.24) is 4.90 Å². The minimum Gasteiger partial charge on any atom is -0.504 e. The van der Waals surface area contributed by atoms with Gasteiger partial charge in [-0.15, -0.1) is 23.2 Å². The fourth-order valence-corrected chi connectivity index (χ4v) is 8.33. The molecule has 0 unspecified atom stereocenters. The van der Waals surface area contributed by atoms with Crippen LogP contribution in [0.15, 0.2) is 48.0 Å². The van der Waals surface area contributed by atoms with Crippen LogP contribution in [0.5, 0.6) is 11.5 Å². The number of ether oxygens (including phenoxy) is 1. The number of aromatic hydroxyl groups is 1. The number of hydrogen-bond donors (Lipinski definition) is 1. The predicted octanol–water partition coefficient (Wildman–Crippen LogP) is 5.63. The van der Waals surface area contributed by atoms with Gasteiger partial charge in [0.1, 0.15) is 0 Å². The second-order valence-electron chi connectivity index (χ2n) is 11.7. The van der Waals surface area contributed by atoms with Gasteiger partial charge in [-0.3, -0.25) is 24.1 Å². The number of allylic oxidation sites excluding steroid dienone is 2. The van der Waals surface area contributed by atoms with Crippen LogP contribution in [0.4, 0.5) is 32.0 Å². The second kappa shape index (κ2) is 10.1. The number of imide groups is 2. The fraction of sp³-hybridized carbons (Fsp3) is 0.400. The number of fused-ring (bicyclic) bond motifs is 4. The minimum atomic E-state index is -5.23. The summed E-state index contributed by atoms with van der Waals surface area (Å²) in [5.74, 6) is -9.09. The van der Waals surface area contributed by atoms with Gasteiger partial charge in [0.15, 0.2) is 21.2 Å². The molecular weight excluding hydrogens is 669 g/mol. The number of carbonyl (C=O) groups is 4. The number of benzene rings is 2. The summed E-state index contributed by atoms with van der Waals surface area (Å²) in [5, 5.41) is 10.2. The molecule has 2 saturated heterocycles. The Morgan fingerprint density at radius 3 is 2.07 bits per heavy atom. The highest BCUT2D eigenvalue weighted by Gasteiger charge is 2.76. The van der Waals surface area contributed by atoms with E-state index in [1.165, 1.54) is 38.4 Å². The van der Waals surface area contributed by atoms with E-state index < -0.39 is 92.6 Å². The standard InChI is InChI=1S/C30H22Cl2F6N2O6/c1-39-25(44)27(31)11-18-16(22(28(27,32)26(39)45)12-3-6-19(41)20(7-12)46-2)4-5-17-21(18)24(43)40(23(17)42)15-9-13(29(33,34)35)8-14(10-15)30(36,37)38/h3-4,6-10,17-18,21-22,41H,5,11H2,1-2H3/t17-,18+,21-,22-,27+,28-/m0/s1. The van der Waals surface area contributed by atoms with Crippen molar-refractivity contribution in [1.29, 1.82) is 0 Å². The smallest absolute Gasteiger partial charge is 0.416 e. The number of nitrogens with zero attached hydrogens (tertiary/aromatic N) is 2. The number of alkyl halides is 8. The van der Waals surface area contributed by atoms with Crippen molar-refractivity contribution in [2.75, 3.05) is 19.1 Å². The first-order chi connectivity index (χ1) is 21.3. The largest absolute Gasteiger partial charge is 0.504 e. The van der Waals surface area contributed by atoms with E-state index >= 15 is 0 Å². The summed E-state index contributed by atoms with van der Waals surface area (Å²) in [5.41, 5.74) is -3.77. The van der Waals surface area contributed by atoms with E-state index in [1.807, 2.05) is 0 Å². The van der Waals surface area contributed by atoms with Crippen LogP contribution in [-0.4, -0.2) is 57.5 Å². The number of likely N-dealkylation sites (tertiary alicyclic amines) is 1. The number of anilines is 1. The van der Waals surface area contributed by atoms with Crippen LogP contribution >= 0.6 is 23.2 Å². The number of hydrogen-bond acceptors (Lipinski definition) is 6. The van der Waals surface area contributed by atoms with Crippen molar-refractivity contribution in [3.8, 4) is 11.5 Å². The molecule has 0 aromatic heterocycles. The van der Waals surface area contributed by atoms with E-state index in [-0.39, 0.29) is 29.5 Å². The zero-order chi connectivity index (χ0) is 33.9. The Labute approximate surface area is 266 Å². The molecule has 4 amide bonds. The highest BCUT2D eigenvalue weighted by molar-refractivity contribution is 6.53. The number of methoxy groups -OCH3 is 1. The van der Waals surface area contributed by atoms with Crippen molar-refractivity contribution < 1.29 is 55.4 Å². The molecule has 6 rings (SSSR count). The topological polar surface area (TPSA) is 104 Å². The van der Waals surface area contributed by atoms with Gasteiger partial charge in [-0.05, 0) is 54.7 Å². The Bertz CT molecular complexity index is 1730. The first-order valence-electron chi connectivity index (χ1n) is 13.7. The van der Waals surface area contributed by atoms with Gasteiger partial charge in [0, 0.05) is 13.0 Å². The SMILES string of the molecule is COc1cc([C@H]2C3=CC[C@@H]4C(=O)N(c5cc(C(F)(F)F)cc(C(F)(F)F)c5)C(=O)[C@@H]4[C@@H]3C[C@@]3(Cl)C(=O)N(C)C(=O)[C@@]23Cl)ccc1O. The maximum absolute atomic E-state index is 14.0. The zero-order valence-corrected chi connectivity index (χ0v) is 25.2. The molecule has 1 saturated carbocycles. The molecule has 6 atom stereocenters. The van der Waals surface area contributed by atoms with Gasteiger partial charge in [-0.25, -0.2) is 4.90 Å². The van der Waals surface area contributed by atoms with Crippen LogP contribution in [0.1, 0.15) is 35.4 Å². The minimum absolute atomic E-state index is 0.0252. The molecule has 3 fully saturated rings. The van der Waals surface area contributed by atoms with Gasteiger partial charge >= 0.3 is 12.4 Å². The molecule has 0 bridgehead atoms. The lowest BCUT2D eigenvalue weighted by Crippen LogP contribution is -2.60. The fourth-order valence-electron chi connectivity index (χ4n) is 7.31. The number of rotatable bonds is 3. The van der Waals surface area contributed by atoms with Crippen LogP contribution in [-0.2, 0) is 31.5 Å². The van der Waals surface area contributed by atoms with Gasteiger partial charge in [0.05, 0.1) is 35.8 Å². The lowest BCUT2D eigenvalue weighted by Gasteiger charge is -2.50. The Kier molecular flexibility index (Phi) is 7.07. The maximum atomic E-state index is 14.0. The van der Waals surface area contributed by atoms with Gasteiger partial charge in [0.2, 0.25) is 11.8 Å². The Balaban J connectivity index is 1.51. The molecule has 244 valence electrons. The summed E-state index contributed by atoms with van der Waals surface area (Å²) in [6.07, 6.45) is -9.57. The Hall–Kier alpha value is -3.78. The number of phenols is 1. The van der Waals surface area contributed by atoms with E-state index in [0.717, 1.165) is 4.90 Å². The molecule has 46 heavy (non-hydrogen) atoms. The quantitative estimate of drug-likeness (QED) is 0.194. The monoisotopic (exact) mass is 690 g/mol. The summed E-state index contributed by atoms with van der Waals surface area (Å²) in [6, 6.07) is 4.50. The van der Waals surface area contributed by atoms with Crippen molar-refractivity contribution >= 4 is 52.5 Å². The molecule has 8 nitrogen and oxygen atoms in total. The molecule has 1 N–H and O–H groups in total. The van der Waals surface area contributed by atoms with E-state index in [2.05, 4.69) is 0 Å². The Morgan fingerprint density at radius 1 is 0.891 bits per heavy atom. The van der Waals surface area contributed by atoms with Gasteiger partial charge in [0.25, 0.3) is 11.8 Å². The van der Waals surface area contributed by atoms with Gasteiger partial charge < -0.3 is 9.84 Å². The number of phenolic OH excluding ortho intramolecular Hbond substituents is 1. The molecule has 2 aliphatic heterocycles. The van der Waals surface area contributed by atoms with Gasteiger partial charge in [-0.2, -0.15) is 26.3 Å². The third-order valence-corrected chi connectivity index (χ3v) is 10.8. The van der Waals surface area contributed by atoms with Gasteiger partial charge in [-0.1, -0.05) is 17.7 Å². The highest BCUT2D eigenvalue weighted by atomic mass is 35.5. The third-order valence-electron chi connectivity index (χ3n) is 9.38. The molecule has 2 aromatic carbocycles. The van der Waals surface area contributed by atoms with Crippen LogP contribution in [0.2, 0.25) is 0 Å². The second-order valence-corrected chi connectivity index (χ2v) is 12.9. The highest BCUT2D eigenvalue weighted by Crippen LogP contribution is 2.65. The first-order valence-corrected chi connectivity index (χ1v) is 14.5. The maximum Gasteiger partial charge on any atom is 0.416 e. The average Bonchev–Trinajstić information content (AvgIpc) is 3.31. The number of carbonyl (C=O) groups excluding carboxylic acids is 4. The van der Waals surface area contributed by atoms with E-state index in [9.17, 15) is 50.6 Å². The zero-order valence-electron chi connectivity index (χ0n) is 23.7. The van der Waals surface area contributed by atoms with Crippen molar-refractivity contribution in [2.45, 2.75) is 40.9 Å². The molecular formula is C30H22Cl2F6N2O6. The molecule has 4 aliphatic rings. The molecule has 16 heteroatoms. The number of halogens is 8. The Morgan fingerprint density at radius 2 is 1.50 bits per heavy atom. The van der Waals surface area contributed by atoms with Crippen LogP contribution in [0.25, 0.3) is 0 Å². The lowest BCUT2D eigenvalue weighted by molar-refractivity contribution is -0.143. The normalized spacial score (nSPS) is 31.1. The average molecular weight is 691 g/mol. The van der Waals surface area contributed by atoms with Crippen molar-refractivity contribution in [3.63, 3.8) is 0 Å². The summed E-state index contributed by atoms with van der Waals surface area (Å²) in [4.78, 5) is 51.5. The molecule has 0 radical (unpaired) electrons. The molecule has 2 aliphatic carbocycles. The van der Waals surface area contributed by atoms with Crippen molar-refractivity contribution in [2.24, 2.45) is 17.8 Å². The lowest BCUT2D eigenvalue weighted by atomic mass is 9.56. The van der Waals surface area contributed by atoms with Crippen molar-refractivity contribution in [3.05, 3.63) is 64.7 Å². The summed E-state index contributed by atoms with van der Waals surface area (Å²) in [7, 11) is 2.44. The summed E-state index contributed by atoms with van der Waals surface area (Å²) < 4.78 is 87.1. The van der Waals surface area contributed by atoms with E-state index in [0.29, 0.717) is 22.6 Å². The third kappa shape index (κ3) is 4.28. The predicted molar refractivity (Wildman–Crippen MR) is 149 cm³/mol. The summed E-state index contributed by atoms with van der Waals surface area (Å²) >= 11 is 14.1. The van der Waals surface area contributed by atoms with Crippen LogP contribution in [0, 0.1) is 17.8 Å². The number of amides is 4. The van der Waals surface area contributed by atoms with Crippen LogP contribution in [0.3, 0.4) is 0 Å². The van der Waals surface area contributed by atoms with E-state index in [4.69, 9.17) is 27.9 Å². The van der Waals surface area contributed by atoms with Crippen LogP contribution < -0.4 is 9.64 Å². The molecule has 0 spiro atoms. The summed E-state index contributed by atoms with van der Waals surface area (Å²) in [6.45, 7) is 0. The molecule has 2 aromatic rings.